The molecular formula is C16H14O4. The monoisotopic (exact) mass is 270 g/mol. The van der Waals surface area contributed by atoms with Gasteiger partial charge in [0.2, 0.25) is 0 Å². The molecule has 0 N–H and O–H groups in total. The molecule has 0 amide bonds. The Bertz CT molecular complexity index is 649. The van der Waals surface area contributed by atoms with E-state index >= 15 is 0 Å². The average molecular weight is 270 g/mol. The van der Waals surface area contributed by atoms with Crippen LogP contribution in [0, 0.1) is 0 Å². The number of methoxy groups -OCH3 is 1. The number of benzene rings is 2. The van der Waals surface area contributed by atoms with Crippen molar-refractivity contribution in [2.45, 2.75) is 13.2 Å². The van der Waals surface area contributed by atoms with Crippen molar-refractivity contribution < 1.29 is 19.0 Å². The molecule has 0 bridgehead atoms. The van der Waals surface area contributed by atoms with Crippen LogP contribution in [-0.2, 0) is 18.0 Å². The molecule has 0 saturated heterocycles. The molecule has 0 aliphatic carbocycles. The molecule has 20 heavy (non-hydrogen) atoms. The average Bonchev–Trinajstić information content (AvgIpc) is 2.48. The molecule has 0 fully saturated rings. The predicted molar refractivity (Wildman–Crippen MR) is 72.9 cm³/mol. The van der Waals surface area contributed by atoms with E-state index in [9.17, 15) is 4.79 Å². The Morgan fingerprint density at radius 3 is 2.30 bits per heavy atom. The Balaban J connectivity index is 1.92. The van der Waals surface area contributed by atoms with E-state index in [1.54, 1.807) is 18.2 Å². The summed E-state index contributed by atoms with van der Waals surface area (Å²) in [4.78, 5) is 11.5. The summed E-state index contributed by atoms with van der Waals surface area (Å²) >= 11 is 0. The van der Waals surface area contributed by atoms with Crippen molar-refractivity contribution in [3.05, 3.63) is 59.2 Å². The zero-order chi connectivity index (χ0) is 13.9. The molecule has 102 valence electrons. The van der Waals surface area contributed by atoms with Gasteiger partial charge in [0.05, 0.1) is 12.7 Å². The first-order chi connectivity index (χ1) is 9.78. The first-order valence-corrected chi connectivity index (χ1v) is 6.32. The van der Waals surface area contributed by atoms with Gasteiger partial charge in [0.15, 0.2) is 11.5 Å². The van der Waals surface area contributed by atoms with E-state index < -0.39 is 0 Å². The zero-order valence-corrected chi connectivity index (χ0v) is 11.1. The van der Waals surface area contributed by atoms with E-state index in [1.165, 1.54) is 7.11 Å². The van der Waals surface area contributed by atoms with Crippen LogP contribution in [0.5, 0.6) is 11.5 Å². The molecule has 0 saturated carbocycles. The second kappa shape index (κ2) is 5.25. The lowest BCUT2D eigenvalue weighted by Crippen LogP contribution is -2.09. The summed E-state index contributed by atoms with van der Waals surface area (Å²) in [5.41, 5.74) is 2.64. The number of hydrogen-bond donors (Lipinski definition) is 0. The van der Waals surface area contributed by atoms with E-state index in [0.717, 1.165) is 11.1 Å². The topological polar surface area (TPSA) is 44.8 Å². The highest BCUT2D eigenvalue weighted by Gasteiger charge is 2.15. The minimum absolute atomic E-state index is 0.390. The van der Waals surface area contributed by atoms with Gasteiger partial charge in [-0.05, 0) is 29.3 Å². The predicted octanol–water partition coefficient (Wildman–Crippen LogP) is 2.94. The summed E-state index contributed by atoms with van der Waals surface area (Å²) in [5, 5.41) is 0. The second-order valence-electron chi connectivity index (χ2n) is 4.50. The molecule has 4 nitrogen and oxygen atoms in total. The van der Waals surface area contributed by atoms with Gasteiger partial charge in [-0.25, -0.2) is 4.79 Å². The molecule has 3 rings (SSSR count). The molecule has 2 aromatic rings. The molecule has 0 spiro atoms. The number of rotatable bonds is 1. The zero-order valence-electron chi connectivity index (χ0n) is 11.1. The molecule has 4 heteroatoms. The lowest BCUT2D eigenvalue weighted by atomic mass is 10.1. The van der Waals surface area contributed by atoms with Crippen molar-refractivity contribution in [3.63, 3.8) is 0 Å². The number of carbonyl (C=O) groups excluding carboxylic acids is 1. The number of esters is 1. The number of ether oxygens (including phenoxy) is 3. The van der Waals surface area contributed by atoms with Gasteiger partial charge in [-0.2, -0.15) is 0 Å². The lowest BCUT2D eigenvalue weighted by Gasteiger charge is -2.19. The molecule has 2 aromatic carbocycles. The molecular weight excluding hydrogens is 256 g/mol. The molecule has 0 atom stereocenters. The maximum atomic E-state index is 11.5. The van der Waals surface area contributed by atoms with Crippen molar-refractivity contribution >= 4 is 5.97 Å². The Morgan fingerprint density at radius 2 is 1.65 bits per heavy atom. The lowest BCUT2D eigenvalue weighted by molar-refractivity contribution is 0.0600. The van der Waals surface area contributed by atoms with E-state index in [4.69, 9.17) is 14.2 Å². The van der Waals surface area contributed by atoms with Crippen LogP contribution >= 0.6 is 0 Å². The van der Waals surface area contributed by atoms with Crippen molar-refractivity contribution in [2.75, 3.05) is 7.11 Å². The highest BCUT2D eigenvalue weighted by atomic mass is 16.5. The normalized spacial score (nSPS) is 12.8. The quantitative estimate of drug-likeness (QED) is 0.747. The van der Waals surface area contributed by atoms with Gasteiger partial charge in [-0.3, -0.25) is 0 Å². The molecule has 1 aliphatic heterocycles. The Labute approximate surface area is 116 Å². The summed E-state index contributed by atoms with van der Waals surface area (Å²) in [5.74, 6) is 0.799. The first kappa shape index (κ1) is 12.5. The minimum Gasteiger partial charge on any atom is -0.485 e. The highest BCUT2D eigenvalue weighted by molar-refractivity contribution is 5.90. The summed E-state index contributed by atoms with van der Waals surface area (Å²) < 4.78 is 16.2. The fourth-order valence-electron chi connectivity index (χ4n) is 2.14. The third kappa shape index (κ3) is 2.32. The van der Waals surface area contributed by atoms with Crippen LogP contribution in [0.2, 0.25) is 0 Å². The van der Waals surface area contributed by atoms with Gasteiger partial charge in [-0.15, -0.1) is 0 Å². The third-order valence-corrected chi connectivity index (χ3v) is 3.25. The van der Waals surface area contributed by atoms with Gasteiger partial charge < -0.3 is 14.2 Å². The van der Waals surface area contributed by atoms with Gasteiger partial charge >= 0.3 is 5.97 Å². The maximum Gasteiger partial charge on any atom is 0.337 e. The number of hydrogen-bond acceptors (Lipinski definition) is 4. The van der Waals surface area contributed by atoms with Crippen LogP contribution in [0.25, 0.3) is 0 Å². The van der Waals surface area contributed by atoms with Crippen molar-refractivity contribution in [1.82, 2.24) is 0 Å². The van der Waals surface area contributed by atoms with Crippen LogP contribution in [0.4, 0.5) is 0 Å². The standard InChI is InChI=1S/C16H14O4/c1-18-16(17)11-6-7-14-15(8-11)20-10-13-5-3-2-4-12(13)9-19-14/h2-8H,9-10H2,1H3. The molecule has 1 heterocycles. The van der Waals surface area contributed by atoms with Crippen LogP contribution < -0.4 is 9.47 Å². The van der Waals surface area contributed by atoms with Crippen LogP contribution in [-0.4, -0.2) is 13.1 Å². The van der Waals surface area contributed by atoms with E-state index in [1.807, 2.05) is 24.3 Å². The Kier molecular flexibility index (Phi) is 3.29. The molecule has 0 radical (unpaired) electrons. The summed E-state index contributed by atoms with van der Waals surface area (Å²) in [6.07, 6.45) is 0. The van der Waals surface area contributed by atoms with E-state index in [0.29, 0.717) is 30.3 Å². The van der Waals surface area contributed by atoms with Crippen molar-refractivity contribution in [2.24, 2.45) is 0 Å². The van der Waals surface area contributed by atoms with Crippen LogP contribution in [0.3, 0.4) is 0 Å². The van der Waals surface area contributed by atoms with Crippen molar-refractivity contribution in [3.8, 4) is 11.5 Å². The summed E-state index contributed by atoms with van der Waals surface area (Å²) in [7, 11) is 1.35. The molecule has 0 aromatic heterocycles. The third-order valence-electron chi connectivity index (χ3n) is 3.25. The van der Waals surface area contributed by atoms with Gasteiger partial charge in [0, 0.05) is 0 Å². The van der Waals surface area contributed by atoms with E-state index in [-0.39, 0.29) is 5.97 Å². The SMILES string of the molecule is COC(=O)c1ccc2c(c1)OCc1ccccc1CO2. The van der Waals surface area contributed by atoms with Crippen LogP contribution in [0.1, 0.15) is 21.5 Å². The number of carbonyl (C=O) groups is 1. The second-order valence-corrected chi connectivity index (χ2v) is 4.50. The van der Waals surface area contributed by atoms with Crippen molar-refractivity contribution in [1.29, 1.82) is 0 Å². The van der Waals surface area contributed by atoms with E-state index in [2.05, 4.69) is 0 Å². The first-order valence-electron chi connectivity index (χ1n) is 6.32. The largest absolute Gasteiger partial charge is 0.485 e. The fraction of sp³-hybridized carbons (Fsp3) is 0.188. The van der Waals surface area contributed by atoms with Crippen LogP contribution in [0.15, 0.2) is 42.5 Å². The Hall–Kier alpha value is -2.49. The fourth-order valence-corrected chi connectivity index (χ4v) is 2.14. The molecule has 0 unspecified atom stereocenters. The van der Waals surface area contributed by atoms with Gasteiger partial charge in [0.1, 0.15) is 13.2 Å². The smallest absolute Gasteiger partial charge is 0.337 e. The van der Waals surface area contributed by atoms with Gasteiger partial charge in [-0.1, -0.05) is 24.3 Å². The highest BCUT2D eigenvalue weighted by Crippen LogP contribution is 2.32. The molecule has 1 aliphatic rings. The Morgan fingerprint density at radius 1 is 1.00 bits per heavy atom. The summed E-state index contributed by atoms with van der Waals surface area (Å²) in [6, 6.07) is 13.0. The summed E-state index contributed by atoms with van der Waals surface area (Å²) in [6.45, 7) is 0.946. The van der Waals surface area contributed by atoms with Gasteiger partial charge in [0.25, 0.3) is 0 Å². The minimum atomic E-state index is -0.390. The maximum absolute atomic E-state index is 11.5. The number of fused-ring (bicyclic) bond motifs is 2.